The van der Waals surface area contributed by atoms with Crippen molar-refractivity contribution >= 4 is 47.8 Å². The number of aromatic nitrogens is 2. The minimum Gasteiger partial charge on any atom is -0.339 e. The van der Waals surface area contributed by atoms with Crippen LogP contribution in [0.15, 0.2) is 13.7 Å². The van der Waals surface area contributed by atoms with Gasteiger partial charge in [-0.1, -0.05) is 0 Å². The van der Waals surface area contributed by atoms with Gasteiger partial charge in [0.05, 0.1) is 10.1 Å². The summed E-state index contributed by atoms with van der Waals surface area (Å²) in [6.07, 6.45) is 0. The lowest BCUT2D eigenvalue weighted by molar-refractivity contribution is -0.554. The van der Waals surface area contributed by atoms with Crippen LogP contribution in [-0.2, 0) is 0 Å². The van der Waals surface area contributed by atoms with Crippen LogP contribution in [0.2, 0.25) is 0 Å². The Labute approximate surface area is 86.3 Å². The fourth-order valence-corrected chi connectivity index (χ4v) is 1.69. The molecule has 11 heavy (non-hydrogen) atoms. The Kier molecular flexibility index (Phi) is 2.66. The molecule has 8 heteroatoms. The second-order valence-corrected chi connectivity index (χ2v) is 3.82. The van der Waals surface area contributed by atoms with E-state index in [2.05, 4.69) is 52.9 Å². The summed E-state index contributed by atoms with van der Waals surface area (Å²) in [5, 5.41) is 13.1. The lowest BCUT2D eigenvalue weighted by atomic mass is 10.8. The molecule has 0 aliphatic carbocycles. The van der Waals surface area contributed by atoms with Crippen molar-refractivity contribution in [3.63, 3.8) is 0 Å². The molecular formula is C3Br3N3O2. The molecule has 0 saturated carbocycles. The van der Waals surface area contributed by atoms with Gasteiger partial charge in [0.25, 0.3) is 4.60 Å². The Balaban J connectivity index is 3.29. The molecule has 0 N–H and O–H groups in total. The van der Waals surface area contributed by atoms with Crippen LogP contribution >= 0.6 is 47.8 Å². The summed E-state index contributed by atoms with van der Waals surface area (Å²) in [6.45, 7) is 0. The quantitative estimate of drug-likeness (QED) is 0.577. The van der Waals surface area contributed by atoms with Crippen molar-refractivity contribution in [1.29, 1.82) is 0 Å². The topological polar surface area (TPSA) is 61.0 Å². The molecule has 5 nitrogen and oxygen atoms in total. The number of nitro groups is 1. The smallest absolute Gasteiger partial charge is 0.260 e. The van der Waals surface area contributed by atoms with Gasteiger partial charge in [0.1, 0.15) is 4.47 Å². The Bertz CT molecular complexity index is 309. The maximum Gasteiger partial charge on any atom is 0.260 e. The van der Waals surface area contributed by atoms with Gasteiger partial charge >= 0.3 is 0 Å². The molecule has 1 heterocycles. The Morgan fingerprint density at radius 2 is 2.00 bits per heavy atom. The minimum atomic E-state index is -0.639. The molecule has 0 fully saturated rings. The Hall–Kier alpha value is 0.0500. The lowest BCUT2D eigenvalue weighted by Gasteiger charge is -1.90. The summed E-state index contributed by atoms with van der Waals surface area (Å²) in [7, 11) is 0. The zero-order valence-electron chi connectivity index (χ0n) is 4.79. The second kappa shape index (κ2) is 3.20. The summed E-state index contributed by atoms with van der Waals surface area (Å²) in [5.74, 6) is 0. The molecular weight excluding hydrogens is 350 g/mol. The van der Waals surface area contributed by atoms with E-state index in [0.717, 1.165) is 0 Å². The molecule has 0 spiro atoms. The number of hydrogen-bond donors (Lipinski definition) is 0. The third-order valence-corrected chi connectivity index (χ3v) is 3.96. The molecule has 0 unspecified atom stereocenters. The first-order valence-corrected chi connectivity index (χ1v) is 4.66. The van der Waals surface area contributed by atoms with Gasteiger partial charge in [0.15, 0.2) is 4.60 Å². The van der Waals surface area contributed by atoms with E-state index < -0.39 is 5.03 Å². The van der Waals surface area contributed by atoms with E-state index in [1.54, 1.807) is 0 Å². The number of rotatable bonds is 1. The normalized spacial score (nSPS) is 10.1. The van der Waals surface area contributed by atoms with Crippen molar-refractivity contribution in [3.8, 4) is 0 Å². The Morgan fingerprint density at radius 3 is 2.18 bits per heavy atom. The summed E-state index contributed by atoms with van der Waals surface area (Å²) >= 11 is 9.09. The molecule has 0 atom stereocenters. The maximum absolute atomic E-state index is 10.2. The highest BCUT2D eigenvalue weighted by Crippen LogP contribution is 2.29. The van der Waals surface area contributed by atoms with Crippen molar-refractivity contribution in [2.24, 2.45) is 0 Å². The van der Waals surface area contributed by atoms with E-state index in [4.69, 9.17) is 0 Å². The van der Waals surface area contributed by atoms with Crippen molar-refractivity contribution in [2.75, 3.05) is 0 Å². The molecule has 0 aliphatic rings. The summed E-state index contributed by atoms with van der Waals surface area (Å²) in [5.41, 5.74) is 0. The van der Waals surface area contributed by atoms with Crippen molar-refractivity contribution in [1.82, 2.24) is 9.89 Å². The van der Waals surface area contributed by atoms with Gasteiger partial charge in [0, 0.05) is 20.7 Å². The van der Waals surface area contributed by atoms with Crippen LogP contribution in [0.3, 0.4) is 0 Å². The van der Waals surface area contributed by atoms with Gasteiger partial charge in [-0.15, -0.1) is 0 Å². The molecule has 1 aromatic rings. The largest absolute Gasteiger partial charge is 0.339 e. The van der Waals surface area contributed by atoms with Gasteiger partial charge in [-0.25, -0.2) is 0 Å². The van der Waals surface area contributed by atoms with Gasteiger partial charge in [-0.05, 0) is 31.9 Å². The molecule has 0 aromatic carbocycles. The number of nitrogens with zero attached hydrogens (tertiary/aromatic N) is 3. The zero-order chi connectivity index (χ0) is 8.59. The van der Waals surface area contributed by atoms with Crippen LogP contribution in [-0.4, -0.2) is 14.9 Å². The van der Waals surface area contributed by atoms with E-state index in [9.17, 15) is 10.1 Å². The van der Waals surface area contributed by atoms with Gasteiger partial charge in [-0.2, -0.15) is 0 Å². The predicted molar refractivity (Wildman–Crippen MR) is 47.7 cm³/mol. The molecule has 1 rings (SSSR count). The van der Waals surface area contributed by atoms with Crippen LogP contribution in [0.4, 0.5) is 0 Å². The van der Waals surface area contributed by atoms with Gasteiger partial charge in [0.2, 0.25) is 0 Å². The summed E-state index contributed by atoms with van der Waals surface area (Å²) < 4.78 is 1.18. The fraction of sp³-hybridized carbons (Fsp3) is 0. The first-order valence-electron chi connectivity index (χ1n) is 2.28. The molecule has 0 aliphatic heterocycles. The number of halogens is 3. The second-order valence-electron chi connectivity index (χ2n) is 1.52. The first kappa shape index (κ1) is 9.14. The van der Waals surface area contributed by atoms with Crippen LogP contribution in [0.25, 0.3) is 0 Å². The molecule has 0 saturated heterocycles. The summed E-state index contributed by atoms with van der Waals surface area (Å²) in [4.78, 5) is 10.8. The highest BCUT2D eigenvalue weighted by Gasteiger charge is 2.20. The average Bonchev–Trinajstić information content (AvgIpc) is 2.17. The lowest BCUT2D eigenvalue weighted by Crippen LogP contribution is -2.10. The van der Waals surface area contributed by atoms with Gasteiger partial charge < -0.3 is 10.1 Å². The van der Waals surface area contributed by atoms with Crippen LogP contribution < -0.4 is 0 Å². The highest BCUT2D eigenvalue weighted by atomic mass is 79.9. The van der Waals surface area contributed by atoms with Crippen LogP contribution in [0.5, 0.6) is 0 Å². The standard InChI is InChI=1S/C3Br3N3O2/c4-1-2(5)7-8(3(1)6)9(10)11. The molecule has 60 valence electrons. The molecule has 0 radical (unpaired) electrons. The van der Waals surface area contributed by atoms with Crippen molar-refractivity contribution in [3.05, 3.63) is 23.8 Å². The van der Waals surface area contributed by atoms with Crippen molar-refractivity contribution < 1.29 is 5.03 Å². The van der Waals surface area contributed by atoms with Gasteiger partial charge in [-0.3, -0.25) is 0 Å². The van der Waals surface area contributed by atoms with Crippen molar-refractivity contribution in [2.45, 2.75) is 0 Å². The molecule has 0 bridgehead atoms. The monoisotopic (exact) mass is 347 g/mol. The average molecular weight is 350 g/mol. The summed E-state index contributed by atoms with van der Waals surface area (Å²) in [6, 6.07) is 0. The van der Waals surface area contributed by atoms with E-state index in [-0.39, 0.29) is 4.60 Å². The number of hydrogen-bond acceptors (Lipinski definition) is 3. The van der Waals surface area contributed by atoms with E-state index in [1.807, 2.05) is 0 Å². The fourth-order valence-electron chi connectivity index (χ4n) is 0.452. The van der Waals surface area contributed by atoms with E-state index in [1.165, 1.54) is 0 Å². The van der Waals surface area contributed by atoms with E-state index in [0.29, 0.717) is 13.9 Å². The SMILES string of the molecule is O=[N+]([O-])n1nc(Br)c(Br)c1Br. The molecule has 0 amide bonds. The zero-order valence-corrected chi connectivity index (χ0v) is 9.55. The van der Waals surface area contributed by atoms with Crippen LogP contribution in [0.1, 0.15) is 0 Å². The predicted octanol–water partition coefficient (Wildman–Crippen LogP) is 2.21. The third kappa shape index (κ3) is 1.62. The van der Waals surface area contributed by atoms with Crippen LogP contribution in [0, 0.1) is 10.1 Å². The highest BCUT2D eigenvalue weighted by molar-refractivity contribution is 9.14. The minimum absolute atomic E-state index is 0.273. The first-order chi connectivity index (χ1) is 5.04. The molecule has 1 aromatic heterocycles. The van der Waals surface area contributed by atoms with E-state index >= 15 is 0 Å². The Morgan fingerprint density at radius 1 is 1.45 bits per heavy atom. The maximum atomic E-state index is 10.2. The third-order valence-electron chi connectivity index (χ3n) is 0.875.